The summed E-state index contributed by atoms with van der Waals surface area (Å²) in [6.07, 6.45) is 3.27. The van der Waals surface area contributed by atoms with Crippen molar-refractivity contribution in [3.63, 3.8) is 0 Å². The lowest BCUT2D eigenvalue weighted by Gasteiger charge is -2.34. The van der Waals surface area contributed by atoms with Crippen molar-refractivity contribution in [2.75, 3.05) is 38.1 Å². The van der Waals surface area contributed by atoms with E-state index in [1.54, 1.807) is 6.20 Å². The first-order valence-electron chi connectivity index (χ1n) is 12.2. The maximum Gasteiger partial charge on any atom is 0.159 e. The molecule has 5 rings (SSSR count). The Morgan fingerprint density at radius 3 is 2.53 bits per heavy atom. The number of aromatic nitrogens is 2. The number of likely N-dealkylation sites (N-methyl/N-ethyl adjacent to an activating group) is 1. The first-order chi connectivity index (χ1) is 17.5. The molecule has 0 bridgehead atoms. The van der Waals surface area contributed by atoms with Crippen LogP contribution in [0, 0.1) is 18.3 Å². The van der Waals surface area contributed by atoms with Crippen LogP contribution in [0.2, 0.25) is 0 Å². The first kappa shape index (κ1) is 23.5. The average Bonchev–Trinajstić information content (AvgIpc) is 3.29. The highest BCUT2D eigenvalue weighted by molar-refractivity contribution is 6.03. The standard InChI is InChI=1S/C30H29N5O/c1-4-26(36)17-24-16-23(6-5-20(24)2)28-27-15-21(18-31)19-32-30(27)33-29(28)22-7-9-25(10-8-22)35-13-11-34(3)12-14-35/h4-10,15-16,19H,1,11-14,17H2,2-3H3,(H,32,33). The number of pyridine rings is 1. The topological polar surface area (TPSA) is 76.0 Å². The van der Waals surface area contributed by atoms with Crippen LogP contribution in [0.4, 0.5) is 5.69 Å². The molecule has 0 amide bonds. The van der Waals surface area contributed by atoms with Gasteiger partial charge in [0.15, 0.2) is 5.78 Å². The Kier molecular flexibility index (Phi) is 6.41. The molecule has 0 aliphatic carbocycles. The number of rotatable bonds is 6. The minimum Gasteiger partial charge on any atom is -0.369 e. The Labute approximate surface area is 211 Å². The average molecular weight is 476 g/mol. The highest BCUT2D eigenvalue weighted by Gasteiger charge is 2.19. The summed E-state index contributed by atoms with van der Waals surface area (Å²) in [7, 11) is 2.16. The van der Waals surface area contributed by atoms with Crippen LogP contribution in [0.15, 0.2) is 67.4 Å². The largest absolute Gasteiger partial charge is 0.369 e. The van der Waals surface area contributed by atoms with E-state index < -0.39 is 0 Å². The van der Waals surface area contributed by atoms with Gasteiger partial charge in [0.05, 0.1) is 11.3 Å². The number of ketones is 1. The Bertz CT molecular complexity index is 1480. The number of carbonyl (C=O) groups is 1. The highest BCUT2D eigenvalue weighted by atomic mass is 16.1. The van der Waals surface area contributed by atoms with E-state index in [1.165, 1.54) is 11.8 Å². The SMILES string of the molecule is C=CC(=O)Cc1cc(-c2c(-c3ccc(N4CCN(C)CC4)cc3)[nH]c3ncc(C#N)cc23)ccc1C. The highest BCUT2D eigenvalue weighted by Crippen LogP contribution is 2.39. The van der Waals surface area contributed by atoms with Crippen LogP contribution >= 0.6 is 0 Å². The molecule has 6 nitrogen and oxygen atoms in total. The van der Waals surface area contributed by atoms with Gasteiger partial charge in [0.1, 0.15) is 11.7 Å². The number of nitriles is 1. The molecule has 1 N–H and O–H groups in total. The monoisotopic (exact) mass is 475 g/mol. The van der Waals surface area contributed by atoms with E-state index in [2.05, 4.69) is 75.9 Å². The molecule has 2 aromatic heterocycles. The van der Waals surface area contributed by atoms with Crippen molar-refractivity contribution in [1.82, 2.24) is 14.9 Å². The fourth-order valence-electron chi connectivity index (χ4n) is 4.83. The van der Waals surface area contributed by atoms with Gasteiger partial charge >= 0.3 is 0 Å². The summed E-state index contributed by atoms with van der Waals surface area (Å²) < 4.78 is 0. The molecule has 4 aromatic rings. The van der Waals surface area contributed by atoms with Gasteiger partial charge in [-0.2, -0.15) is 5.26 Å². The molecule has 0 spiro atoms. The number of nitrogens with zero attached hydrogens (tertiary/aromatic N) is 4. The molecule has 0 saturated carbocycles. The van der Waals surface area contributed by atoms with Crippen molar-refractivity contribution in [1.29, 1.82) is 5.26 Å². The van der Waals surface area contributed by atoms with Crippen molar-refractivity contribution in [3.05, 3.63) is 84.1 Å². The van der Waals surface area contributed by atoms with Crippen molar-refractivity contribution in [2.45, 2.75) is 13.3 Å². The number of nitrogens with one attached hydrogen (secondary N) is 1. The lowest BCUT2D eigenvalue weighted by molar-refractivity contribution is -0.114. The van der Waals surface area contributed by atoms with E-state index in [4.69, 9.17) is 0 Å². The second kappa shape index (κ2) is 9.80. The van der Waals surface area contributed by atoms with Crippen molar-refractivity contribution in [3.8, 4) is 28.5 Å². The number of hydrogen-bond acceptors (Lipinski definition) is 5. The van der Waals surface area contributed by atoms with Crippen LogP contribution in [-0.4, -0.2) is 53.9 Å². The zero-order valence-electron chi connectivity index (χ0n) is 20.7. The smallest absolute Gasteiger partial charge is 0.159 e. The summed E-state index contributed by atoms with van der Waals surface area (Å²) in [6, 6.07) is 18.9. The number of piperazine rings is 1. The number of anilines is 1. The molecule has 180 valence electrons. The second-order valence-electron chi connectivity index (χ2n) is 9.43. The molecule has 0 radical (unpaired) electrons. The summed E-state index contributed by atoms with van der Waals surface area (Å²) in [5, 5.41) is 10.4. The minimum absolute atomic E-state index is 0.0117. The number of fused-ring (bicyclic) bond motifs is 1. The van der Waals surface area contributed by atoms with E-state index >= 15 is 0 Å². The van der Waals surface area contributed by atoms with Gasteiger partial charge in [0, 0.05) is 55.4 Å². The maximum atomic E-state index is 12.1. The number of aryl methyl sites for hydroxylation is 1. The molecule has 6 heteroatoms. The Morgan fingerprint density at radius 2 is 1.83 bits per heavy atom. The van der Waals surface area contributed by atoms with Gasteiger partial charge in [-0.1, -0.05) is 36.9 Å². The molecule has 1 aliphatic rings. The number of hydrogen-bond donors (Lipinski definition) is 1. The fourth-order valence-corrected chi connectivity index (χ4v) is 4.83. The number of aromatic amines is 1. The second-order valence-corrected chi connectivity index (χ2v) is 9.43. The number of benzene rings is 2. The fraction of sp³-hybridized carbons (Fsp3) is 0.233. The first-order valence-corrected chi connectivity index (χ1v) is 12.2. The summed E-state index contributed by atoms with van der Waals surface area (Å²) in [6.45, 7) is 9.79. The summed E-state index contributed by atoms with van der Waals surface area (Å²) >= 11 is 0. The van der Waals surface area contributed by atoms with Crippen LogP contribution in [0.25, 0.3) is 33.4 Å². The van der Waals surface area contributed by atoms with Crippen LogP contribution in [0.3, 0.4) is 0 Å². The third kappa shape index (κ3) is 4.53. The van der Waals surface area contributed by atoms with Crippen LogP contribution in [-0.2, 0) is 11.2 Å². The van der Waals surface area contributed by atoms with E-state index in [0.29, 0.717) is 12.0 Å². The number of carbonyl (C=O) groups excluding carboxylic acids is 1. The molecular formula is C30H29N5O. The maximum absolute atomic E-state index is 12.1. The number of allylic oxidation sites excluding steroid dienone is 1. The molecule has 1 fully saturated rings. The molecular weight excluding hydrogens is 446 g/mol. The zero-order chi connectivity index (χ0) is 25.2. The van der Waals surface area contributed by atoms with Crippen molar-refractivity contribution >= 4 is 22.5 Å². The minimum atomic E-state index is -0.0117. The number of H-pyrrole nitrogens is 1. The Balaban J connectivity index is 1.61. The van der Waals surface area contributed by atoms with E-state index in [0.717, 1.165) is 70.7 Å². The third-order valence-electron chi connectivity index (χ3n) is 7.03. The summed E-state index contributed by atoms with van der Waals surface area (Å²) in [4.78, 5) is 24.9. The van der Waals surface area contributed by atoms with Crippen molar-refractivity contribution in [2.24, 2.45) is 0 Å². The molecule has 3 heterocycles. The predicted octanol–water partition coefficient (Wildman–Crippen LogP) is 5.13. The molecule has 0 atom stereocenters. The van der Waals surface area contributed by atoms with Gasteiger partial charge in [-0.3, -0.25) is 4.79 Å². The van der Waals surface area contributed by atoms with Gasteiger partial charge in [-0.15, -0.1) is 0 Å². The molecule has 2 aromatic carbocycles. The van der Waals surface area contributed by atoms with E-state index in [9.17, 15) is 10.1 Å². The quantitative estimate of drug-likeness (QED) is 0.392. The zero-order valence-corrected chi connectivity index (χ0v) is 20.7. The van der Waals surface area contributed by atoms with Gasteiger partial charge in [-0.25, -0.2) is 4.98 Å². The predicted molar refractivity (Wildman–Crippen MR) is 145 cm³/mol. The Morgan fingerprint density at radius 1 is 1.11 bits per heavy atom. The van der Waals surface area contributed by atoms with Gasteiger partial charge in [0.25, 0.3) is 0 Å². The third-order valence-corrected chi connectivity index (χ3v) is 7.03. The van der Waals surface area contributed by atoms with E-state index in [1.807, 2.05) is 19.1 Å². The van der Waals surface area contributed by atoms with Gasteiger partial charge in [0.2, 0.25) is 0 Å². The van der Waals surface area contributed by atoms with Crippen LogP contribution in [0.1, 0.15) is 16.7 Å². The van der Waals surface area contributed by atoms with Gasteiger partial charge in [-0.05, 0) is 60.5 Å². The normalized spacial score (nSPS) is 14.1. The van der Waals surface area contributed by atoms with Gasteiger partial charge < -0.3 is 14.8 Å². The van der Waals surface area contributed by atoms with Crippen molar-refractivity contribution < 1.29 is 4.79 Å². The lowest BCUT2D eigenvalue weighted by Crippen LogP contribution is -2.44. The molecule has 36 heavy (non-hydrogen) atoms. The van der Waals surface area contributed by atoms with Crippen LogP contribution < -0.4 is 4.90 Å². The molecule has 0 unspecified atom stereocenters. The molecule has 1 saturated heterocycles. The van der Waals surface area contributed by atoms with Crippen LogP contribution in [0.5, 0.6) is 0 Å². The summed E-state index contributed by atoms with van der Waals surface area (Å²) in [5.74, 6) is -0.0117. The lowest BCUT2D eigenvalue weighted by atomic mass is 9.93. The van der Waals surface area contributed by atoms with E-state index in [-0.39, 0.29) is 5.78 Å². The summed E-state index contributed by atoms with van der Waals surface area (Å²) in [5.41, 5.74) is 8.43. The molecule has 1 aliphatic heterocycles. The Hall–Kier alpha value is -4.21.